The van der Waals surface area contributed by atoms with Crippen molar-refractivity contribution in [1.82, 2.24) is 0 Å². The molecule has 0 unspecified atom stereocenters. The molecule has 2 aromatic carbocycles. The second kappa shape index (κ2) is 6.64. The van der Waals surface area contributed by atoms with Crippen molar-refractivity contribution in [3.63, 3.8) is 0 Å². The van der Waals surface area contributed by atoms with Crippen LogP contribution in [0, 0.1) is 0 Å². The molecule has 100 valence electrons. The highest BCUT2D eigenvalue weighted by atomic mass is 79.9. The van der Waals surface area contributed by atoms with Crippen LogP contribution >= 0.6 is 43.5 Å². The van der Waals surface area contributed by atoms with Crippen molar-refractivity contribution in [3.8, 4) is 11.5 Å². The molecule has 0 fully saturated rings. The van der Waals surface area contributed by atoms with E-state index in [0.717, 1.165) is 26.0 Å². The summed E-state index contributed by atoms with van der Waals surface area (Å²) in [5.41, 5.74) is 1.02. The molecule has 2 rings (SSSR count). The fraction of sp³-hybridized carbons (Fsp3) is 0.143. The van der Waals surface area contributed by atoms with E-state index in [1.807, 2.05) is 24.3 Å². The Labute approximate surface area is 133 Å². The molecule has 19 heavy (non-hydrogen) atoms. The van der Waals surface area contributed by atoms with Gasteiger partial charge in [0.1, 0.15) is 18.1 Å². The summed E-state index contributed by atoms with van der Waals surface area (Å²) in [6.07, 6.45) is 0. The number of hydrogen-bond acceptors (Lipinski definition) is 2. The second-order valence-corrected chi connectivity index (χ2v) is 5.97. The lowest BCUT2D eigenvalue weighted by Gasteiger charge is -2.11. The molecule has 0 bridgehead atoms. The minimum Gasteiger partial charge on any atom is -0.497 e. The first-order chi connectivity index (χ1) is 9.10. The third-order valence-corrected chi connectivity index (χ3v) is 4.16. The molecule has 0 saturated heterocycles. The van der Waals surface area contributed by atoms with Crippen molar-refractivity contribution in [3.05, 3.63) is 55.9 Å². The van der Waals surface area contributed by atoms with E-state index in [-0.39, 0.29) is 0 Å². The predicted molar refractivity (Wildman–Crippen MR) is 84.2 cm³/mol. The maximum absolute atomic E-state index is 5.89. The number of hydrogen-bond donors (Lipinski definition) is 0. The van der Waals surface area contributed by atoms with E-state index >= 15 is 0 Å². The Hall–Kier alpha value is -0.710. The molecule has 0 amide bonds. The van der Waals surface area contributed by atoms with Gasteiger partial charge >= 0.3 is 0 Å². The number of halogens is 3. The topological polar surface area (TPSA) is 18.5 Å². The molecular formula is C14H11Br2ClO2. The lowest BCUT2D eigenvalue weighted by atomic mass is 10.2. The van der Waals surface area contributed by atoms with Crippen LogP contribution in [0.1, 0.15) is 5.56 Å². The Bertz CT molecular complexity index is 588. The van der Waals surface area contributed by atoms with Crippen LogP contribution < -0.4 is 9.47 Å². The second-order valence-electron chi connectivity index (χ2n) is 3.82. The summed E-state index contributed by atoms with van der Waals surface area (Å²) in [6.45, 7) is 0.442. The van der Waals surface area contributed by atoms with Gasteiger partial charge in [-0.1, -0.05) is 27.5 Å². The first-order valence-corrected chi connectivity index (χ1v) is 7.47. The van der Waals surface area contributed by atoms with Crippen molar-refractivity contribution >= 4 is 43.5 Å². The molecule has 0 aliphatic heterocycles. The zero-order chi connectivity index (χ0) is 13.8. The van der Waals surface area contributed by atoms with Crippen molar-refractivity contribution in [2.45, 2.75) is 6.61 Å². The lowest BCUT2D eigenvalue weighted by Crippen LogP contribution is -1.98. The average Bonchev–Trinajstić information content (AvgIpc) is 2.39. The maximum atomic E-state index is 5.89. The van der Waals surface area contributed by atoms with Gasteiger partial charge in [0.05, 0.1) is 11.6 Å². The van der Waals surface area contributed by atoms with Crippen molar-refractivity contribution in [2.75, 3.05) is 7.11 Å². The fourth-order valence-electron chi connectivity index (χ4n) is 1.54. The van der Waals surface area contributed by atoms with Gasteiger partial charge in [0, 0.05) is 15.1 Å². The van der Waals surface area contributed by atoms with Gasteiger partial charge in [-0.25, -0.2) is 0 Å². The van der Waals surface area contributed by atoms with Gasteiger partial charge in [-0.05, 0) is 52.3 Å². The monoisotopic (exact) mass is 404 g/mol. The van der Waals surface area contributed by atoms with Crippen molar-refractivity contribution < 1.29 is 9.47 Å². The molecule has 0 aliphatic carbocycles. The summed E-state index contributed by atoms with van der Waals surface area (Å²) in [5, 5.41) is 0.668. The molecule has 0 spiro atoms. The van der Waals surface area contributed by atoms with Crippen LogP contribution in [-0.4, -0.2) is 7.11 Å². The smallest absolute Gasteiger partial charge is 0.134 e. The van der Waals surface area contributed by atoms with E-state index in [2.05, 4.69) is 31.9 Å². The van der Waals surface area contributed by atoms with Gasteiger partial charge in [-0.3, -0.25) is 0 Å². The fourth-order valence-corrected chi connectivity index (χ4v) is 2.69. The lowest BCUT2D eigenvalue weighted by molar-refractivity contribution is 0.302. The summed E-state index contributed by atoms with van der Waals surface area (Å²) in [5.74, 6) is 1.55. The summed E-state index contributed by atoms with van der Waals surface area (Å²) in [6, 6.07) is 11.2. The van der Waals surface area contributed by atoms with Crippen LogP contribution in [0.2, 0.25) is 5.02 Å². The Morgan fingerprint density at radius 3 is 2.53 bits per heavy atom. The average molecular weight is 407 g/mol. The standard InChI is InChI=1S/C14H11Br2ClO2/c1-18-11-3-4-12(15)9(6-11)8-19-14-5-2-10(17)7-13(14)16/h2-7H,8H2,1H3. The molecule has 5 heteroatoms. The zero-order valence-electron chi connectivity index (χ0n) is 10.1. The van der Waals surface area contributed by atoms with Crippen LogP contribution in [0.5, 0.6) is 11.5 Å². The van der Waals surface area contributed by atoms with Crippen LogP contribution in [0.4, 0.5) is 0 Å². The van der Waals surface area contributed by atoms with Gasteiger partial charge in [0.15, 0.2) is 0 Å². The van der Waals surface area contributed by atoms with Gasteiger partial charge in [-0.15, -0.1) is 0 Å². The van der Waals surface area contributed by atoms with Gasteiger partial charge in [0.2, 0.25) is 0 Å². The highest BCUT2D eigenvalue weighted by molar-refractivity contribution is 9.10. The number of benzene rings is 2. The SMILES string of the molecule is COc1ccc(Br)c(COc2ccc(Cl)cc2Br)c1. The maximum Gasteiger partial charge on any atom is 0.134 e. The summed E-state index contributed by atoms with van der Waals surface area (Å²) in [4.78, 5) is 0. The third-order valence-electron chi connectivity index (χ3n) is 2.53. The number of ether oxygens (including phenoxy) is 2. The molecule has 0 saturated carbocycles. The van der Waals surface area contributed by atoms with E-state index in [1.165, 1.54) is 0 Å². The van der Waals surface area contributed by atoms with Gasteiger partial charge < -0.3 is 9.47 Å². The van der Waals surface area contributed by atoms with E-state index in [1.54, 1.807) is 19.2 Å². The summed E-state index contributed by atoms with van der Waals surface area (Å²) in [7, 11) is 1.64. The van der Waals surface area contributed by atoms with Crippen LogP contribution in [0.25, 0.3) is 0 Å². The molecule has 0 N–H and O–H groups in total. The highest BCUT2D eigenvalue weighted by Crippen LogP contribution is 2.30. The first kappa shape index (κ1) is 14.7. The minimum atomic E-state index is 0.442. The van der Waals surface area contributed by atoms with Crippen molar-refractivity contribution in [2.24, 2.45) is 0 Å². The van der Waals surface area contributed by atoms with Crippen LogP contribution in [-0.2, 0) is 6.61 Å². The summed E-state index contributed by atoms with van der Waals surface area (Å²) >= 11 is 12.8. The van der Waals surface area contributed by atoms with E-state index < -0.39 is 0 Å². The molecular weight excluding hydrogens is 395 g/mol. The molecule has 0 heterocycles. The Morgan fingerprint density at radius 2 is 1.84 bits per heavy atom. The van der Waals surface area contributed by atoms with Gasteiger partial charge in [-0.2, -0.15) is 0 Å². The van der Waals surface area contributed by atoms with Crippen LogP contribution in [0.15, 0.2) is 45.3 Å². The third kappa shape index (κ3) is 3.88. The normalized spacial score (nSPS) is 10.3. The Balaban J connectivity index is 2.14. The van der Waals surface area contributed by atoms with Crippen molar-refractivity contribution in [1.29, 1.82) is 0 Å². The minimum absolute atomic E-state index is 0.442. The largest absolute Gasteiger partial charge is 0.497 e. The molecule has 0 radical (unpaired) electrons. The highest BCUT2D eigenvalue weighted by Gasteiger charge is 2.06. The van der Waals surface area contributed by atoms with E-state index in [4.69, 9.17) is 21.1 Å². The zero-order valence-corrected chi connectivity index (χ0v) is 14.0. The predicted octanol–water partition coefficient (Wildman–Crippen LogP) is 5.45. The number of methoxy groups -OCH3 is 1. The summed E-state index contributed by atoms with van der Waals surface area (Å²) < 4.78 is 12.8. The van der Waals surface area contributed by atoms with E-state index in [0.29, 0.717) is 11.6 Å². The van der Waals surface area contributed by atoms with E-state index in [9.17, 15) is 0 Å². The Morgan fingerprint density at radius 1 is 1.05 bits per heavy atom. The molecule has 2 aromatic rings. The molecule has 0 aromatic heterocycles. The molecule has 0 atom stereocenters. The van der Waals surface area contributed by atoms with Gasteiger partial charge in [0.25, 0.3) is 0 Å². The molecule has 2 nitrogen and oxygen atoms in total. The Kier molecular flexibility index (Phi) is 5.13. The van der Waals surface area contributed by atoms with Crippen LogP contribution in [0.3, 0.4) is 0 Å². The number of rotatable bonds is 4. The quantitative estimate of drug-likeness (QED) is 0.672. The molecule has 0 aliphatic rings. The first-order valence-electron chi connectivity index (χ1n) is 5.50.